The smallest absolute Gasteiger partial charge is 0.283 e. The van der Waals surface area contributed by atoms with Gasteiger partial charge in [-0.25, -0.2) is 0 Å². The summed E-state index contributed by atoms with van der Waals surface area (Å²) in [6.07, 6.45) is 5.51. The quantitative estimate of drug-likeness (QED) is 0.465. The van der Waals surface area contributed by atoms with E-state index in [4.69, 9.17) is 10.1 Å². The molecule has 7 nitrogen and oxygen atoms in total. The molecule has 1 amide bonds. The average molecular weight is 472 g/mol. The van der Waals surface area contributed by atoms with Crippen molar-refractivity contribution in [3.8, 4) is 5.75 Å². The Hall–Kier alpha value is -3.65. The lowest BCUT2D eigenvalue weighted by Crippen LogP contribution is -2.35. The molecule has 1 N–H and O–H groups in total. The Bertz CT molecular complexity index is 1370. The van der Waals surface area contributed by atoms with Crippen LogP contribution in [0.2, 0.25) is 0 Å². The van der Waals surface area contributed by atoms with Gasteiger partial charge in [0.05, 0.1) is 12.1 Å². The van der Waals surface area contributed by atoms with Crippen LogP contribution in [0.5, 0.6) is 5.75 Å². The van der Waals surface area contributed by atoms with Crippen LogP contribution >= 0.6 is 11.8 Å². The van der Waals surface area contributed by atoms with Gasteiger partial charge in [0.25, 0.3) is 5.91 Å². The first-order valence-corrected chi connectivity index (χ1v) is 12.1. The van der Waals surface area contributed by atoms with Gasteiger partial charge in [-0.15, -0.1) is 0 Å². The molecule has 8 heteroatoms. The second-order valence-corrected chi connectivity index (χ2v) is 9.26. The van der Waals surface area contributed by atoms with Crippen LogP contribution in [0.1, 0.15) is 30.9 Å². The Morgan fingerprint density at radius 2 is 1.94 bits per heavy atom. The number of hydrogen-bond acceptors (Lipinski definition) is 5. The Kier molecular flexibility index (Phi) is 6.06. The first-order valence-electron chi connectivity index (χ1n) is 11.3. The highest BCUT2D eigenvalue weighted by Gasteiger charge is 2.35. The molecular formula is C26H25N5O2S. The number of nitrogens with one attached hydrogen (secondary N) is 1. The lowest BCUT2D eigenvalue weighted by atomic mass is 10.1. The maximum Gasteiger partial charge on any atom is 0.283 e. The number of ether oxygens (including phenoxy) is 1. The third kappa shape index (κ3) is 4.28. The molecule has 0 spiro atoms. The standard InChI is InChI=1S/C26H25N5O2S/c1-3-6-23-29-31-24(27)21(25(32)28-26(31)34-23)15-18-16-30(22-8-5-4-7-20(18)22)13-14-33-19-11-9-17(2)10-12-19/h4-5,7-12,15-16,27H,3,6,13-14H2,1-2H3/b21-15+,27-24?. The summed E-state index contributed by atoms with van der Waals surface area (Å²) < 4.78 is 8.03. The number of rotatable bonds is 7. The number of carbonyl (C=O) groups is 1. The van der Waals surface area contributed by atoms with Gasteiger partial charge in [-0.3, -0.25) is 10.2 Å². The van der Waals surface area contributed by atoms with E-state index < -0.39 is 5.91 Å². The number of aryl methyl sites for hydroxylation is 1. The van der Waals surface area contributed by atoms with Crippen molar-refractivity contribution in [2.45, 2.75) is 33.2 Å². The van der Waals surface area contributed by atoms with Crippen molar-refractivity contribution in [3.63, 3.8) is 0 Å². The predicted molar refractivity (Wildman–Crippen MR) is 139 cm³/mol. The van der Waals surface area contributed by atoms with Crippen molar-refractivity contribution in [1.82, 2.24) is 9.58 Å². The van der Waals surface area contributed by atoms with Gasteiger partial charge in [0.1, 0.15) is 17.4 Å². The summed E-state index contributed by atoms with van der Waals surface area (Å²) in [7, 11) is 0. The number of fused-ring (bicyclic) bond motifs is 2. The lowest BCUT2D eigenvalue weighted by Gasteiger charge is -2.20. The zero-order valence-electron chi connectivity index (χ0n) is 19.1. The molecule has 2 aliphatic heterocycles. The summed E-state index contributed by atoms with van der Waals surface area (Å²) in [5.74, 6) is 0.496. The van der Waals surface area contributed by atoms with Crippen LogP contribution < -0.4 is 4.74 Å². The van der Waals surface area contributed by atoms with Crippen molar-refractivity contribution in [3.05, 3.63) is 71.4 Å². The zero-order valence-corrected chi connectivity index (χ0v) is 19.9. The Morgan fingerprint density at radius 1 is 1.15 bits per heavy atom. The number of nitrogens with zero attached hydrogens (tertiary/aromatic N) is 4. The maximum absolute atomic E-state index is 12.8. The van der Waals surface area contributed by atoms with Crippen LogP contribution in [0.25, 0.3) is 17.0 Å². The van der Waals surface area contributed by atoms with Gasteiger partial charge in [-0.2, -0.15) is 15.1 Å². The molecule has 172 valence electrons. The highest BCUT2D eigenvalue weighted by Crippen LogP contribution is 2.31. The molecule has 5 rings (SSSR count). The van der Waals surface area contributed by atoms with E-state index >= 15 is 0 Å². The second-order valence-electron chi connectivity index (χ2n) is 8.22. The minimum Gasteiger partial charge on any atom is -0.492 e. The van der Waals surface area contributed by atoms with Gasteiger partial charge in [0.15, 0.2) is 5.84 Å². The molecular weight excluding hydrogens is 446 g/mol. The fourth-order valence-electron chi connectivity index (χ4n) is 3.97. The predicted octanol–water partition coefficient (Wildman–Crippen LogP) is 5.45. The van der Waals surface area contributed by atoms with Crippen molar-refractivity contribution in [2.75, 3.05) is 6.61 Å². The van der Waals surface area contributed by atoms with E-state index in [2.05, 4.69) is 21.6 Å². The number of para-hydroxylation sites is 1. The lowest BCUT2D eigenvalue weighted by molar-refractivity contribution is -0.114. The number of thioether (sulfide) groups is 1. The minimum atomic E-state index is -0.406. The number of benzene rings is 2. The fourth-order valence-corrected chi connectivity index (χ4v) is 4.96. The van der Waals surface area contributed by atoms with Crippen molar-refractivity contribution in [2.24, 2.45) is 10.1 Å². The normalized spacial score (nSPS) is 16.8. The fraction of sp³-hybridized carbons (Fsp3) is 0.231. The SMILES string of the molecule is CCCC1=NN2C(=N)/C(=C\c3cn(CCOc4ccc(C)cc4)c4ccccc34)C(=O)N=C2S1. The van der Waals surface area contributed by atoms with E-state index in [0.717, 1.165) is 40.1 Å². The van der Waals surface area contributed by atoms with Crippen LogP contribution in [-0.2, 0) is 11.3 Å². The van der Waals surface area contributed by atoms with E-state index in [1.807, 2.05) is 61.7 Å². The molecule has 34 heavy (non-hydrogen) atoms. The van der Waals surface area contributed by atoms with E-state index in [-0.39, 0.29) is 11.4 Å². The molecule has 0 saturated carbocycles. The summed E-state index contributed by atoms with van der Waals surface area (Å²) in [6, 6.07) is 16.0. The number of carbonyl (C=O) groups excluding carboxylic acids is 1. The second kappa shape index (κ2) is 9.30. The molecule has 0 aliphatic carbocycles. The third-order valence-corrected chi connectivity index (χ3v) is 6.67. The van der Waals surface area contributed by atoms with Gasteiger partial charge in [0.2, 0.25) is 5.17 Å². The summed E-state index contributed by atoms with van der Waals surface area (Å²) in [4.78, 5) is 17.0. The molecule has 0 unspecified atom stereocenters. The highest BCUT2D eigenvalue weighted by atomic mass is 32.2. The van der Waals surface area contributed by atoms with Gasteiger partial charge >= 0.3 is 0 Å². The third-order valence-electron chi connectivity index (χ3n) is 5.70. The van der Waals surface area contributed by atoms with Crippen LogP contribution in [0.3, 0.4) is 0 Å². The minimum absolute atomic E-state index is 0.0631. The van der Waals surface area contributed by atoms with E-state index in [1.54, 1.807) is 6.08 Å². The van der Waals surface area contributed by atoms with E-state index in [0.29, 0.717) is 18.3 Å². The van der Waals surface area contributed by atoms with Gasteiger partial charge in [-0.05, 0) is 55.8 Å². The molecule has 1 aromatic heterocycles. The molecule has 3 aromatic rings. The van der Waals surface area contributed by atoms with Crippen LogP contribution in [0.15, 0.2) is 70.4 Å². The van der Waals surface area contributed by atoms with Crippen LogP contribution in [-0.4, -0.2) is 38.1 Å². The zero-order chi connectivity index (χ0) is 23.7. The number of aromatic nitrogens is 1. The summed E-state index contributed by atoms with van der Waals surface area (Å²) in [6.45, 7) is 5.29. The number of aliphatic imine (C=N–C) groups is 1. The average Bonchev–Trinajstić information content (AvgIpc) is 3.39. The summed E-state index contributed by atoms with van der Waals surface area (Å²) >= 11 is 1.37. The Balaban J connectivity index is 1.41. The molecule has 0 bridgehead atoms. The first-order chi connectivity index (χ1) is 16.5. The number of hydrazone groups is 1. The van der Waals surface area contributed by atoms with E-state index in [9.17, 15) is 4.79 Å². The van der Waals surface area contributed by atoms with Crippen molar-refractivity contribution in [1.29, 1.82) is 5.41 Å². The topological polar surface area (TPSA) is 83.0 Å². The van der Waals surface area contributed by atoms with Crippen LogP contribution in [0, 0.1) is 12.3 Å². The number of hydrogen-bond donors (Lipinski definition) is 1. The Morgan fingerprint density at radius 3 is 2.74 bits per heavy atom. The van der Waals surface area contributed by atoms with E-state index in [1.165, 1.54) is 22.3 Å². The monoisotopic (exact) mass is 471 g/mol. The molecule has 0 radical (unpaired) electrons. The summed E-state index contributed by atoms with van der Waals surface area (Å²) in [5, 5.41) is 16.9. The summed E-state index contributed by atoms with van der Waals surface area (Å²) in [5.41, 5.74) is 3.34. The molecule has 0 saturated heterocycles. The number of amidine groups is 2. The van der Waals surface area contributed by atoms with Crippen LogP contribution in [0.4, 0.5) is 0 Å². The Labute approximate surface area is 202 Å². The first kappa shape index (κ1) is 22.2. The van der Waals surface area contributed by atoms with Gasteiger partial charge in [-0.1, -0.05) is 42.8 Å². The molecule has 2 aromatic carbocycles. The van der Waals surface area contributed by atoms with Gasteiger partial charge < -0.3 is 9.30 Å². The maximum atomic E-state index is 12.8. The van der Waals surface area contributed by atoms with Crippen molar-refractivity contribution < 1.29 is 9.53 Å². The molecule has 0 atom stereocenters. The van der Waals surface area contributed by atoms with Crippen molar-refractivity contribution >= 4 is 50.7 Å². The largest absolute Gasteiger partial charge is 0.492 e. The molecule has 2 aliphatic rings. The highest BCUT2D eigenvalue weighted by molar-refractivity contribution is 8.26. The van der Waals surface area contributed by atoms with Gasteiger partial charge in [0, 0.05) is 22.7 Å². The molecule has 3 heterocycles. The number of amides is 1. The molecule has 0 fully saturated rings.